The van der Waals surface area contributed by atoms with E-state index >= 15 is 0 Å². The highest BCUT2D eigenvalue weighted by Crippen LogP contribution is 2.23. The van der Waals surface area contributed by atoms with E-state index in [1.165, 1.54) is 4.90 Å². The van der Waals surface area contributed by atoms with Crippen LogP contribution in [0.5, 0.6) is 0 Å². The maximum atomic E-state index is 12.8. The van der Waals surface area contributed by atoms with Gasteiger partial charge < -0.3 is 10.0 Å². The van der Waals surface area contributed by atoms with Crippen molar-refractivity contribution in [2.45, 2.75) is 24.1 Å². The molecule has 1 aliphatic rings. The summed E-state index contributed by atoms with van der Waals surface area (Å²) in [5.74, 6) is 0.346. The molecule has 17 heavy (non-hydrogen) atoms. The first kappa shape index (κ1) is 14.7. The first-order valence-electron chi connectivity index (χ1n) is 5.23. The molecule has 8 heteroatoms. The number of rotatable bonds is 6. The molecule has 5 nitrogen and oxygen atoms in total. The summed E-state index contributed by atoms with van der Waals surface area (Å²) in [6.45, 7) is -0.386. The predicted molar refractivity (Wildman–Crippen MR) is 64.0 cm³/mol. The van der Waals surface area contributed by atoms with Gasteiger partial charge in [-0.1, -0.05) is 0 Å². The minimum atomic E-state index is -4.68. The fourth-order valence-electron chi connectivity index (χ4n) is 1.84. The number of aliphatic hydroxyl groups excluding tert-OH is 1. The van der Waals surface area contributed by atoms with Gasteiger partial charge in [0.1, 0.15) is 5.25 Å². The lowest BCUT2D eigenvalue weighted by atomic mass is 10.2. The zero-order chi connectivity index (χ0) is 13.1. The van der Waals surface area contributed by atoms with Crippen LogP contribution < -0.4 is 0 Å². The summed E-state index contributed by atoms with van der Waals surface area (Å²) in [5.41, 5.74) is 0. The van der Waals surface area contributed by atoms with Gasteiger partial charge in [-0.25, -0.2) is 0 Å². The van der Waals surface area contributed by atoms with E-state index in [1.807, 2.05) is 6.26 Å². The number of thioether (sulfide) groups is 1. The zero-order valence-corrected chi connectivity index (χ0v) is 11.1. The average molecular weight is 285 g/mol. The van der Waals surface area contributed by atoms with Crippen molar-refractivity contribution in [3.63, 3.8) is 0 Å². The smallest absolute Gasteiger partial charge is 0.307 e. The number of halogens is 1. The van der Waals surface area contributed by atoms with Crippen LogP contribution in [0.3, 0.4) is 0 Å². The van der Waals surface area contributed by atoms with Crippen LogP contribution in [0.4, 0.5) is 3.89 Å². The molecule has 2 unspecified atom stereocenters. The van der Waals surface area contributed by atoms with Crippen molar-refractivity contribution in [2.24, 2.45) is 0 Å². The van der Waals surface area contributed by atoms with E-state index in [0.29, 0.717) is 6.42 Å². The second-order valence-electron chi connectivity index (χ2n) is 3.97. The lowest BCUT2D eigenvalue weighted by Crippen LogP contribution is -2.40. The molecule has 0 spiro atoms. The summed E-state index contributed by atoms with van der Waals surface area (Å²) in [6.07, 6.45) is 2.14. The molecule has 0 aliphatic carbocycles. The number of amides is 1. The van der Waals surface area contributed by atoms with E-state index in [-0.39, 0.29) is 19.6 Å². The first-order chi connectivity index (χ1) is 7.90. The van der Waals surface area contributed by atoms with Crippen molar-refractivity contribution in [3.05, 3.63) is 0 Å². The minimum Gasteiger partial charge on any atom is -0.394 e. The standard InChI is InChI=1S/C9H16FNO4S2/c1-16-3-2-7(6-12)11-5-8(4-9(11)13)17(10,14)15/h7-8,12H,2-6H2,1H3. The molecule has 1 rings (SSSR count). The van der Waals surface area contributed by atoms with Gasteiger partial charge >= 0.3 is 10.2 Å². The molecule has 1 amide bonds. The quantitative estimate of drug-likeness (QED) is 0.695. The van der Waals surface area contributed by atoms with Crippen molar-refractivity contribution in [3.8, 4) is 0 Å². The van der Waals surface area contributed by atoms with Gasteiger partial charge in [0.05, 0.1) is 12.6 Å². The van der Waals surface area contributed by atoms with Crippen molar-refractivity contribution in [1.82, 2.24) is 4.90 Å². The van der Waals surface area contributed by atoms with Crippen LogP contribution in [0.2, 0.25) is 0 Å². The van der Waals surface area contributed by atoms with E-state index in [0.717, 1.165) is 5.75 Å². The number of carbonyl (C=O) groups excluding carboxylic acids is 1. The molecule has 2 atom stereocenters. The second kappa shape index (κ2) is 6.01. The Bertz CT molecular complexity index is 373. The van der Waals surface area contributed by atoms with Gasteiger partial charge in [0.15, 0.2) is 0 Å². The lowest BCUT2D eigenvalue weighted by Gasteiger charge is -2.26. The largest absolute Gasteiger partial charge is 0.394 e. The van der Waals surface area contributed by atoms with Crippen LogP contribution in [0.15, 0.2) is 0 Å². The number of likely N-dealkylation sites (tertiary alicyclic amines) is 1. The van der Waals surface area contributed by atoms with Gasteiger partial charge in [0.25, 0.3) is 0 Å². The van der Waals surface area contributed by atoms with Gasteiger partial charge in [-0.05, 0) is 18.4 Å². The molecule has 1 heterocycles. The molecule has 0 saturated carbocycles. The molecule has 0 aromatic carbocycles. The summed E-state index contributed by atoms with van der Waals surface area (Å²) < 4.78 is 34.3. The van der Waals surface area contributed by atoms with Gasteiger partial charge in [-0.3, -0.25) is 4.79 Å². The Kier molecular flexibility index (Phi) is 5.21. The number of hydrogen-bond donors (Lipinski definition) is 1. The Morgan fingerprint density at radius 2 is 2.29 bits per heavy atom. The third-order valence-corrected chi connectivity index (χ3v) is 4.58. The number of hydrogen-bond acceptors (Lipinski definition) is 5. The fraction of sp³-hybridized carbons (Fsp3) is 0.889. The molecule has 0 aromatic rings. The summed E-state index contributed by atoms with van der Waals surface area (Å²) in [7, 11) is -4.68. The normalized spacial score (nSPS) is 23.1. The topological polar surface area (TPSA) is 74.7 Å². The molecular weight excluding hydrogens is 269 g/mol. The predicted octanol–water partition coefficient (Wildman–Crippen LogP) is 0.000600. The number of nitrogens with zero attached hydrogens (tertiary/aromatic N) is 1. The van der Waals surface area contributed by atoms with Crippen LogP contribution >= 0.6 is 11.8 Å². The van der Waals surface area contributed by atoms with Gasteiger partial charge in [-0.15, -0.1) is 3.89 Å². The molecule has 1 fully saturated rings. The maximum Gasteiger partial charge on any atom is 0.307 e. The Morgan fingerprint density at radius 1 is 1.65 bits per heavy atom. The highest BCUT2D eigenvalue weighted by atomic mass is 32.3. The van der Waals surface area contributed by atoms with Crippen LogP contribution in [-0.2, 0) is 15.0 Å². The SMILES string of the molecule is CSCCC(CO)N1CC(S(=O)(=O)F)CC1=O. The number of aliphatic hydroxyl groups is 1. The highest BCUT2D eigenvalue weighted by molar-refractivity contribution is 7.98. The molecule has 0 bridgehead atoms. The molecular formula is C9H16FNO4S2. The minimum absolute atomic E-state index is 0.155. The third-order valence-electron chi connectivity index (χ3n) is 2.83. The van der Waals surface area contributed by atoms with Crippen LogP contribution in [0, 0.1) is 0 Å². The number of carbonyl (C=O) groups is 1. The molecule has 1 aliphatic heterocycles. The summed E-state index contributed by atoms with van der Waals surface area (Å²) in [5, 5.41) is 7.89. The van der Waals surface area contributed by atoms with Crippen molar-refractivity contribution >= 4 is 27.9 Å². The zero-order valence-electron chi connectivity index (χ0n) is 9.50. The Balaban J connectivity index is 2.68. The maximum absolute atomic E-state index is 12.8. The molecule has 1 N–H and O–H groups in total. The Hall–Kier alpha value is -0.340. The summed E-state index contributed by atoms with van der Waals surface area (Å²) >= 11 is 1.57. The van der Waals surface area contributed by atoms with Gasteiger partial charge in [0.2, 0.25) is 5.91 Å². The summed E-state index contributed by atoms with van der Waals surface area (Å²) in [6, 6.07) is -0.415. The first-order valence-corrected chi connectivity index (χ1v) is 8.07. The second-order valence-corrected chi connectivity index (χ2v) is 6.57. The summed E-state index contributed by atoms with van der Waals surface area (Å²) in [4.78, 5) is 12.8. The van der Waals surface area contributed by atoms with Gasteiger partial charge in [-0.2, -0.15) is 20.2 Å². The third kappa shape index (κ3) is 3.82. The van der Waals surface area contributed by atoms with E-state index in [9.17, 15) is 22.2 Å². The molecule has 100 valence electrons. The van der Waals surface area contributed by atoms with Gasteiger partial charge in [0, 0.05) is 13.0 Å². The van der Waals surface area contributed by atoms with Crippen LogP contribution in [-0.4, -0.2) is 60.8 Å². The van der Waals surface area contributed by atoms with E-state index in [2.05, 4.69) is 0 Å². The van der Waals surface area contributed by atoms with Crippen molar-refractivity contribution in [1.29, 1.82) is 0 Å². The van der Waals surface area contributed by atoms with Crippen molar-refractivity contribution in [2.75, 3.05) is 25.2 Å². The Labute approximate surface area is 105 Å². The molecule has 1 saturated heterocycles. The lowest BCUT2D eigenvalue weighted by molar-refractivity contribution is -0.130. The van der Waals surface area contributed by atoms with Crippen LogP contribution in [0.25, 0.3) is 0 Å². The Morgan fingerprint density at radius 3 is 2.71 bits per heavy atom. The average Bonchev–Trinajstić information content (AvgIpc) is 2.62. The highest BCUT2D eigenvalue weighted by Gasteiger charge is 2.40. The van der Waals surface area contributed by atoms with Crippen molar-refractivity contribution < 1.29 is 22.2 Å². The molecule has 0 radical (unpaired) electrons. The van der Waals surface area contributed by atoms with E-state index < -0.39 is 27.4 Å². The fourth-order valence-corrected chi connectivity index (χ4v) is 3.03. The molecule has 0 aromatic heterocycles. The van der Waals surface area contributed by atoms with Crippen LogP contribution in [0.1, 0.15) is 12.8 Å². The monoisotopic (exact) mass is 285 g/mol. The van der Waals surface area contributed by atoms with E-state index in [1.54, 1.807) is 11.8 Å². The van der Waals surface area contributed by atoms with E-state index in [4.69, 9.17) is 0 Å².